The fourth-order valence-electron chi connectivity index (χ4n) is 1.34. The fraction of sp³-hybridized carbons (Fsp3) is 0.714. The summed E-state index contributed by atoms with van der Waals surface area (Å²) in [5, 5.41) is 0. The molecule has 1 fully saturated rings. The monoisotopic (exact) mass is 162 g/mol. The van der Waals surface area contributed by atoms with Gasteiger partial charge in [-0.05, 0) is 0 Å². The van der Waals surface area contributed by atoms with Crippen LogP contribution in [-0.4, -0.2) is 23.6 Å². The first kappa shape index (κ1) is 7.98. The minimum atomic E-state index is -2.54. The summed E-state index contributed by atoms with van der Waals surface area (Å²) in [6.07, 6.45) is 6.01. The third kappa shape index (κ3) is 1.31. The van der Waals surface area contributed by atoms with Crippen molar-refractivity contribution in [1.82, 2.24) is 0 Å². The van der Waals surface area contributed by atoms with Gasteiger partial charge in [0.1, 0.15) is 0 Å². The molecule has 1 N–H and O–H groups in total. The molecular weight excluding hydrogens is 150 g/mol. The quantitative estimate of drug-likeness (QED) is 0.419. The molecule has 2 atom stereocenters. The summed E-state index contributed by atoms with van der Waals surface area (Å²) in [7, 11) is -2.54. The van der Waals surface area contributed by atoms with E-state index in [1.54, 1.807) is 6.66 Å². The van der Waals surface area contributed by atoms with Gasteiger partial charge in [-0.3, -0.25) is 0 Å². The van der Waals surface area contributed by atoms with Gasteiger partial charge in [0.2, 0.25) is 0 Å². The average molecular weight is 162 g/mol. The Kier molecular flexibility index (Phi) is 1.99. The molecule has 2 unspecified atom stereocenters. The number of halogens is 1. The molecular formula is C7H12FOP. The molecule has 0 aliphatic carbocycles. The summed E-state index contributed by atoms with van der Waals surface area (Å²) in [4.78, 5) is 9.43. The Balaban J connectivity index is 2.64. The Morgan fingerprint density at radius 1 is 1.80 bits per heavy atom. The van der Waals surface area contributed by atoms with E-state index in [-0.39, 0.29) is 5.92 Å². The van der Waals surface area contributed by atoms with Crippen LogP contribution >= 0.6 is 7.49 Å². The number of terminal acetylenes is 1. The first-order valence-corrected chi connectivity index (χ1v) is 6.12. The van der Waals surface area contributed by atoms with Crippen LogP contribution in [0.4, 0.5) is 4.39 Å². The molecule has 3 heteroatoms. The topological polar surface area (TPSA) is 20.2 Å². The second-order valence-corrected chi connectivity index (χ2v) is 6.88. The van der Waals surface area contributed by atoms with Crippen molar-refractivity contribution >= 4 is 7.49 Å². The second kappa shape index (κ2) is 2.49. The second-order valence-electron chi connectivity index (χ2n) is 3.13. The van der Waals surface area contributed by atoms with Crippen LogP contribution in [0, 0.1) is 18.3 Å². The van der Waals surface area contributed by atoms with Gasteiger partial charge in [0.25, 0.3) is 0 Å². The summed E-state index contributed by atoms with van der Waals surface area (Å²) < 4.78 is 12.9. The van der Waals surface area contributed by atoms with Crippen molar-refractivity contribution in [2.45, 2.75) is 12.3 Å². The minimum absolute atomic E-state index is 0.0170. The molecule has 0 aromatic carbocycles. The SMILES string of the molecule is C#CC1CC(F)[PH](C)(O)C1. The number of hydrogen-bond acceptors (Lipinski definition) is 1. The van der Waals surface area contributed by atoms with Gasteiger partial charge in [-0.2, -0.15) is 0 Å². The fourth-order valence-corrected chi connectivity index (χ4v) is 3.67. The molecule has 1 heterocycles. The molecule has 0 bridgehead atoms. The number of hydrogen-bond donors (Lipinski definition) is 1. The third-order valence-corrected chi connectivity index (χ3v) is 4.97. The van der Waals surface area contributed by atoms with E-state index >= 15 is 0 Å². The van der Waals surface area contributed by atoms with Gasteiger partial charge in [0.05, 0.1) is 0 Å². The molecule has 1 nitrogen and oxygen atoms in total. The van der Waals surface area contributed by atoms with E-state index in [0.29, 0.717) is 12.6 Å². The van der Waals surface area contributed by atoms with E-state index in [1.165, 1.54) is 0 Å². The van der Waals surface area contributed by atoms with Crippen LogP contribution in [0.5, 0.6) is 0 Å². The molecule has 1 saturated heterocycles. The number of rotatable bonds is 0. The van der Waals surface area contributed by atoms with Crippen molar-refractivity contribution in [3.8, 4) is 12.3 Å². The average Bonchev–Trinajstić information content (AvgIpc) is 2.08. The van der Waals surface area contributed by atoms with Crippen molar-refractivity contribution in [3.05, 3.63) is 0 Å². The predicted octanol–water partition coefficient (Wildman–Crippen LogP) is 1.22. The van der Waals surface area contributed by atoms with Crippen molar-refractivity contribution in [2.75, 3.05) is 12.8 Å². The van der Waals surface area contributed by atoms with Gasteiger partial charge in [-0.1, -0.05) is 0 Å². The van der Waals surface area contributed by atoms with Gasteiger partial charge in [0, 0.05) is 0 Å². The molecule has 10 heavy (non-hydrogen) atoms. The molecule has 0 saturated carbocycles. The van der Waals surface area contributed by atoms with Crippen LogP contribution < -0.4 is 0 Å². The Bertz CT molecular complexity index is 173. The van der Waals surface area contributed by atoms with Crippen molar-refractivity contribution in [1.29, 1.82) is 0 Å². The summed E-state index contributed by atoms with van der Waals surface area (Å²) >= 11 is 0. The van der Waals surface area contributed by atoms with Crippen molar-refractivity contribution in [3.63, 3.8) is 0 Å². The van der Waals surface area contributed by atoms with E-state index in [1.807, 2.05) is 0 Å². The molecule has 0 amide bonds. The zero-order valence-electron chi connectivity index (χ0n) is 5.97. The Morgan fingerprint density at radius 3 is 2.60 bits per heavy atom. The molecule has 0 aromatic heterocycles. The Morgan fingerprint density at radius 2 is 2.40 bits per heavy atom. The van der Waals surface area contributed by atoms with E-state index in [0.717, 1.165) is 0 Å². The number of alkyl halides is 1. The van der Waals surface area contributed by atoms with Crippen molar-refractivity contribution < 1.29 is 9.28 Å². The molecule has 0 radical (unpaired) electrons. The maximum absolute atomic E-state index is 12.9. The summed E-state index contributed by atoms with van der Waals surface area (Å²) in [5.41, 5.74) is 0. The zero-order valence-corrected chi connectivity index (χ0v) is 6.97. The summed E-state index contributed by atoms with van der Waals surface area (Å²) in [5.74, 6) is 1.46. The van der Waals surface area contributed by atoms with E-state index in [4.69, 9.17) is 6.42 Å². The molecule has 0 spiro atoms. The maximum atomic E-state index is 12.9. The molecule has 1 rings (SSSR count). The van der Waals surface area contributed by atoms with Crippen LogP contribution in [0.25, 0.3) is 0 Å². The van der Waals surface area contributed by atoms with E-state index in [2.05, 4.69) is 5.92 Å². The van der Waals surface area contributed by atoms with E-state index < -0.39 is 13.4 Å². The van der Waals surface area contributed by atoms with Crippen LogP contribution in [0.15, 0.2) is 0 Å². The van der Waals surface area contributed by atoms with Crippen LogP contribution in [0.1, 0.15) is 6.42 Å². The summed E-state index contributed by atoms with van der Waals surface area (Å²) in [6, 6.07) is 0. The Hall–Kier alpha value is -0.120. The first-order valence-electron chi connectivity index (χ1n) is 3.39. The van der Waals surface area contributed by atoms with Crippen LogP contribution in [-0.2, 0) is 0 Å². The van der Waals surface area contributed by atoms with Crippen LogP contribution in [0.3, 0.4) is 0 Å². The predicted molar refractivity (Wildman–Crippen MR) is 43.2 cm³/mol. The summed E-state index contributed by atoms with van der Waals surface area (Å²) in [6.45, 7) is 1.63. The van der Waals surface area contributed by atoms with Gasteiger partial charge in [-0.25, -0.2) is 0 Å². The van der Waals surface area contributed by atoms with Gasteiger partial charge >= 0.3 is 60.2 Å². The standard InChI is InChI=1S/C7H12FOP/c1-3-6-4-7(8)10(2,9)5-6/h1,6-7,9-10H,4-5H2,2H3. The molecule has 0 aromatic rings. The normalized spacial score (nSPS) is 40.6. The molecule has 58 valence electrons. The third-order valence-electron chi connectivity index (χ3n) is 2.06. The van der Waals surface area contributed by atoms with Gasteiger partial charge in [0.15, 0.2) is 0 Å². The molecule has 1 aliphatic heterocycles. The van der Waals surface area contributed by atoms with Gasteiger partial charge in [-0.15, -0.1) is 0 Å². The van der Waals surface area contributed by atoms with Crippen LogP contribution in [0.2, 0.25) is 0 Å². The first-order chi connectivity index (χ1) is 4.56. The Labute approximate surface area is 61.1 Å². The molecule has 1 aliphatic rings. The van der Waals surface area contributed by atoms with Crippen molar-refractivity contribution in [2.24, 2.45) is 5.92 Å². The van der Waals surface area contributed by atoms with E-state index in [9.17, 15) is 9.28 Å². The zero-order chi connectivity index (χ0) is 7.78. The van der Waals surface area contributed by atoms with Gasteiger partial charge < -0.3 is 0 Å².